The molecule has 0 saturated heterocycles. The van der Waals surface area contributed by atoms with Crippen LogP contribution in [-0.2, 0) is 11.0 Å². The minimum atomic E-state index is -4.54. The summed E-state index contributed by atoms with van der Waals surface area (Å²) in [6.45, 7) is 3.08. The van der Waals surface area contributed by atoms with Crippen molar-refractivity contribution in [2.75, 3.05) is 5.73 Å². The van der Waals surface area contributed by atoms with Gasteiger partial charge in [0.2, 0.25) is 0 Å². The fourth-order valence-electron chi connectivity index (χ4n) is 6.31. The number of aromatic nitrogens is 2. The Bertz CT molecular complexity index is 2020. The first-order chi connectivity index (χ1) is 23.5. The van der Waals surface area contributed by atoms with Gasteiger partial charge in [0.15, 0.2) is 11.5 Å². The van der Waals surface area contributed by atoms with E-state index in [1.165, 1.54) is 11.5 Å². The Labute approximate surface area is 285 Å². The third-order valence-electron chi connectivity index (χ3n) is 9.16. The van der Waals surface area contributed by atoms with E-state index in [-0.39, 0.29) is 23.4 Å². The number of ketones is 1. The number of anilines is 1. The molecule has 2 atom stereocenters. The summed E-state index contributed by atoms with van der Waals surface area (Å²) in [5.41, 5.74) is 9.06. The lowest BCUT2D eigenvalue weighted by Gasteiger charge is -2.29. The van der Waals surface area contributed by atoms with Crippen LogP contribution >= 0.6 is 6.89 Å². The maximum atomic E-state index is 14.3. The Morgan fingerprint density at radius 1 is 0.735 bits per heavy atom. The van der Waals surface area contributed by atoms with Crippen molar-refractivity contribution in [1.29, 1.82) is 0 Å². The van der Waals surface area contributed by atoms with Gasteiger partial charge in [0.1, 0.15) is 5.82 Å². The second-order valence-corrected chi connectivity index (χ2v) is 15.5. The summed E-state index contributed by atoms with van der Waals surface area (Å²) >= 11 is 0. The average molecular weight is 676 g/mol. The lowest BCUT2D eigenvalue weighted by atomic mass is 9.90. The second kappa shape index (κ2) is 13.8. The highest BCUT2D eigenvalue weighted by Gasteiger charge is 2.34. The molecule has 0 aliphatic rings. The van der Waals surface area contributed by atoms with E-state index in [2.05, 4.69) is 48.3 Å². The summed E-state index contributed by atoms with van der Waals surface area (Å²) in [7, 11) is 0. The predicted molar refractivity (Wildman–Crippen MR) is 196 cm³/mol. The summed E-state index contributed by atoms with van der Waals surface area (Å²) in [4.78, 5) is 17.9. The SMILES string of the molecule is Cc1nc(C(F)(F)F)cn1-c1ccc(C(C)c2ccc(C(C)C(=O)C=P(c3ccccc3)(c3ccccc3)c3ccccc3)cc2)cc1N. The molecule has 1 heterocycles. The highest BCUT2D eigenvalue weighted by Crippen LogP contribution is 2.44. The molecule has 49 heavy (non-hydrogen) atoms. The van der Waals surface area contributed by atoms with E-state index >= 15 is 0 Å². The van der Waals surface area contributed by atoms with E-state index in [9.17, 15) is 18.0 Å². The zero-order chi connectivity index (χ0) is 34.8. The molecule has 0 bridgehead atoms. The Hall–Kier alpha value is -5.13. The number of nitrogen functional groups attached to an aromatic ring is 1. The van der Waals surface area contributed by atoms with Crippen molar-refractivity contribution < 1.29 is 18.0 Å². The van der Waals surface area contributed by atoms with Crippen LogP contribution in [-0.4, -0.2) is 21.1 Å². The third kappa shape index (κ3) is 6.77. The van der Waals surface area contributed by atoms with Gasteiger partial charge in [-0.1, -0.05) is 135 Å². The fraction of sp³-hybridized carbons (Fsp3) is 0.146. The van der Waals surface area contributed by atoms with Crippen molar-refractivity contribution in [3.8, 4) is 5.69 Å². The molecule has 0 fully saturated rings. The third-order valence-corrected chi connectivity index (χ3v) is 13.1. The van der Waals surface area contributed by atoms with Crippen LogP contribution in [0, 0.1) is 6.92 Å². The van der Waals surface area contributed by atoms with Crippen molar-refractivity contribution in [3.05, 3.63) is 168 Å². The number of hydrogen-bond acceptors (Lipinski definition) is 3. The van der Waals surface area contributed by atoms with E-state index in [4.69, 9.17) is 5.73 Å². The first-order valence-electron chi connectivity index (χ1n) is 16.1. The quantitative estimate of drug-likeness (QED) is 0.124. The first-order valence-corrected chi connectivity index (χ1v) is 17.9. The second-order valence-electron chi connectivity index (χ2n) is 12.2. The summed E-state index contributed by atoms with van der Waals surface area (Å²) in [6.07, 6.45) is -3.57. The number of nitrogens with two attached hydrogens (primary N) is 1. The number of halogens is 3. The number of aryl methyl sites for hydroxylation is 1. The molecular formula is C41H37F3N3OP. The summed E-state index contributed by atoms with van der Waals surface area (Å²) < 4.78 is 41.1. The molecule has 0 aliphatic heterocycles. The molecule has 0 spiro atoms. The van der Waals surface area contributed by atoms with Crippen LogP contribution in [0.4, 0.5) is 18.9 Å². The minimum absolute atomic E-state index is 0.0505. The highest BCUT2D eigenvalue weighted by atomic mass is 31.2. The molecule has 8 heteroatoms. The molecule has 0 saturated carbocycles. The van der Waals surface area contributed by atoms with Crippen molar-refractivity contribution in [1.82, 2.24) is 9.55 Å². The predicted octanol–water partition coefficient (Wildman–Crippen LogP) is 8.40. The molecule has 4 nitrogen and oxygen atoms in total. The lowest BCUT2D eigenvalue weighted by Crippen LogP contribution is -2.29. The number of alkyl halides is 3. The van der Waals surface area contributed by atoms with Crippen molar-refractivity contribution in [2.24, 2.45) is 0 Å². The number of Topliss-reactive ketones (excluding diaryl/α,β-unsaturated/α-hetero) is 1. The topological polar surface area (TPSA) is 60.9 Å². The van der Waals surface area contributed by atoms with E-state index < -0.39 is 18.8 Å². The van der Waals surface area contributed by atoms with Gasteiger partial charge in [0.25, 0.3) is 0 Å². The Morgan fingerprint density at radius 2 is 1.20 bits per heavy atom. The Morgan fingerprint density at radius 3 is 1.65 bits per heavy atom. The van der Waals surface area contributed by atoms with Crippen molar-refractivity contribution in [3.63, 3.8) is 0 Å². The number of carbonyl (C=O) groups is 1. The maximum Gasteiger partial charge on any atom is 0.434 e. The molecule has 5 aromatic carbocycles. The zero-order valence-electron chi connectivity index (χ0n) is 27.5. The smallest absolute Gasteiger partial charge is 0.397 e. The first kappa shape index (κ1) is 33.8. The van der Waals surface area contributed by atoms with E-state index in [1.807, 2.05) is 97.6 Å². The summed E-state index contributed by atoms with van der Waals surface area (Å²) in [5, 5.41) is 3.35. The molecule has 248 valence electrons. The van der Waals surface area contributed by atoms with Crippen molar-refractivity contribution >= 4 is 40.1 Å². The molecule has 6 rings (SSSR count). The van der Waals surface area contributed by atoms with Crippen LogP contribution in [0.1, 0.15) is 53.9 Å². The van der Waals surface area contributed by atoms with Crippen LogP contribution in [0.5, 0.6) is 0 Å². The van der Waals surface area contributed by atoms with Crippen molar-refractivity contribution in [2.45, 2.75) is 38.8 Å². The van der Waals surface area contributed by atoms with Gasteiger partial charge in [-0.05, 0) is 64.3 Å². The van der Waals surface area contributed by atoms with Crippen LogP contribution in [0.2, 0.25) is 0 Å². The molecule has 0 amide bonds. The largest absolute Gasteiger partial charge is 0.434 e. The van der Waals surface area contributed by atoms with Gasteiger partial charge < -0.3 is 10.3 Å². The minimum Gasteiger partial charge on any atom is -0.397 e. The normalized spacial score (nSPS) is 13.1. The molecule has 0 radical (unpaired) electrons. The Balaban J connectivity index is 1.30. The van der Waals surface area contributed by atoms with Gasteiger partial charge in [0, 0.05) is 18.0 Å². The maximum absolute atomic E-state index is 14.3. The van der Waals surface area contributed by atoms with Crippen LogP contribution < -0.4 is 21.6 Å². The van der Waals surface area contributed by atoms with Gasteiger partial charge in [-0.25, -0.2) is 4.98 Å². The highest BCUT2D eigenvalue weighted by molar-refractivity contribution is 7.95. The number of rotatable bonds is 9. The molecule has 2 N–H and O–H groups in total. The summed E-state index contributed by atoms with van der Waals surface area (Å²) in [6, 6.07) is 44.3. The number of nitrogens with zero attached hydrogens (tertiary/aromatic N) is 2. The Kier molecular flexibility index (Phi) is 9.49. The molecule has 6 aromatic rings. The molecule has 2 unspecified atom stereocenters. The van der Waals surface area contributed by atoms with Gasteiger partial charge in [-0.15, -0.1) is 0 Å². The molecule has 0 aliphatic carbocycles. The van der Waals surface area contributed by atoms with Gasteiger partial charge in [0.05, 0.1) is 11.4 Å². The van der Waals surface area contributed by atoms with Gasteiger partial charge in [-0.2, -0.15) is 13.2 Å². The summed E-state index contributed by atoms with van der Waals surface area (Å²) in [5.74, 6) is 1.81. The van der Waals surface area contributed by atoms with Gasteiger partial charge in [-0.3, -0.25) is 4.79 Å². The standard InChI is InChI=1S/C41H37F3N3OP/c1-28(33-23-24-38(37(45)25-33)47-26-40(41(42,43)44)46-30(47)3)31-19-21-32(22-20-31)29(2)39(48)27-49(34-13-7-4-8-14-34,35-15-9-5-10-16-35)36-17-11-6-12-18-36/h4-29H,45H2,1-3H3. The number of carbonyl (C=O) groups excluding carboxylic acids is 1. The van der Waals surface area contributed by atoms with E-state index in [0.717, 1.165) is 38.8 Å². The van der Waals surface area contributed by atoms with Crippen LogP contribution in [0.25, 0.3) is 5.69 Å². The molecular weight excluding hydrogens is 638 g/mol. The fourth-order valence-corrected chi connectivity index (χ4v) is 10.2. The van der Waals surface area contributed by atoms with E-state index in [1.54, 1.807) is 12.1 Å². The average Bonchev–Trinajstić information content (AvgIpc) is 3.53. The zero-order valence-corrected chi connectivity index (χ0v) is 28.4. The number of benzene rings is 5. The molecule has 1 aromatic heterocycles. The number of hydrogen-bond donors (Lipinski definition) is 1. The lowest BCUT2D eigenvalue weighted by molar-refractivity contribution is -0.141. The monoisotopic (exact) mass is 675 g/mol. The van der Waals surface area contributed by atoms with Gasteiger partial charge >= 0.3 is 6.18 Å². The van der Waals surface area contributed by atoms with E-state index in [0.29, 0.717) is 11.4 Å². The number of imidazole rings is 1. The van der Waals surface area contributed by atoms with Crippen LogP contribution in [0.3, 0.4) is 0 Å². The van der Waals surface area contributed by atoms with Crippen LogP contribution in [0.15, 0.2) is 140 Å².